The van der Waals surface area contributed by atoms with Gasteiger partial charge in [-0.3, -0.25) is 4.79 Å². The maximum atomic E-state index is 12.4. The van der Waals surface area contributed by atoms with Crippen LogP contribution in [0.25, 0.3) is 0 Å². The highest BCUT2D eigenvalue weighted by Crippen LogP contribution is 2.28. The molecule has 3 nitrogen and oxygen atoms in total. The lowest BCUT2D eigenvalue weighted by Crippen LogP contribution is -2.02. The summed E-state index contributed by atoms with van der Waals surface area (Å²) in [5.41, 5.74) is 8.75. The number of benzene rings is 2. The Morgan fingerprint density at radius 2 is 1.89 bits per heavy atom. The number of nitrogens with two attached hydrogens (primary N) is 1. The van der Waals surface area contributed by atoms with Gasteiger partial charge in [0, 0.05) is 27.7 Å². The number of hydrogen-bond acceptors (Lipinski definition) is 3. The number of ketones is 1. The van der Waals surface area contributed by atoms with Crippen LogP contribution in [-0.4, -0.2) is 12.4 Å². The molecule has 0 radical (unpaired) electrons. The maximum absolute atomic E-state index is 12.4. The average Bonchev–Trinajstić information content (AvgIpc) is 2.88. The first-order valence-corrected chi connectivity index (χ1v) is 6.80. The molecule has 2 N–H and O–H groups in total. The van der Waals surface area contributed by atoms with E-state index in [0.29, 0.717) is 23.4 Å². The zero-order chi connectivity index (χ0) is 13.4. The van der Waals surface area contributed by atoms with E-state index in [1.807, 2.05) is 12.1 Å². The van der Waals surface area contributed by atoms with Crippen molar-refractivity contribution in [2.45, 2.75) is 6.42 Å². The Kier molecular flexibility index (Phi) is 3.03. The zero-order valence-electron chi connectivity index (χ0n) is 10.2. The predicted molar refractivity (Wildman–Crippen MR) is 77.6 cm³/mol. The molecule has 0 bridgehead atoms. The summed E-state index contributed by atoms with van der Waals surface area (Å²) in [6.45, 7) is 0.695. The van der Waals surface area contributed by atoms with Crippen LogP contribution >= 0.6 is 15.9 Å². The topological polar surface area (TPSA) is 52.3 Å². The highest BCUT2D eigenvalue weighted by molar-refractivity contribution is 9.10. The molecule has 1 aliphatic heterocycles. The number of carbonyl (C=O) groups is 1. The van der Waals surface area contributed by atoms with Crippen molar-refractivity contribution in [2.75, 3.05) is 12.3 Å². The Hall–Kier alpha value is -1.81. The lowest BCUT2D eigenvalue weighted by molar-refractivity contribution is 0.103. The van der Waals surface area contributed by atoms with Gasteiger partial charge in [-0.25, -0.2) is 0 Å². The summed E-state index contributed by atoms with van der Waals surface area (Å²) in [4.78, 5) is 12.4. The smallest absolute Gasteiger partial charge is 0.193 e. The van der Waals surface area contributed by atoms with Gasteiger partial charge in [-0.05, 0) is 57.9 Å². The summed E-state index contributed by atoms with van der Waals surface area (Å²) in [6, 6.07) is 10.8. The molecule has 2 aromatic carbocycles. The fourth-order valence-electron chi connectivity index (χ4n) is 2.16. The number of halogens is 1. The Balaban J connectivity index is 1.97. The summed E-state index contributed by atoms with van der Waals surface area (Å²) in [7, 11) is 0. The van der Waals surface area contributed by atoms with E-state index in [4.69, 9.17) is 10.5 Å². The molecule has 3 rings (SSSR count). The molecule has 0 unspecified atom stereocenters. The molecule has 0 aliphatic carbocycles. The molecule has 0 saturated heterocycles. The van der Waals surface area contributed by atoms with Gasteiger partial charge >= 0.3 is 0 Å². The van der Waals surface area contributed by atoms with Crippen LogP contribution in [0.15, 0.2) is 40.9 Å². The third-order valence-corrected chi connectivity index (χ3v) is 3.90. The first kappa shape index (κ1) is 12.2. The molecule has 1 aliphatic rings. The Bertz CT molecular complexity index is 667. The van der Waals surface area contributed by atoms with Gasteiger partial charge in [-0.2, -0.15) is 0 Å². The van der Waals surface area contributed by atoms with Gasteiger partial charge in [0.05, 0.1) is 6.61 Å². The van der Waals surface area contributed by atoms with Crippen LogP contribution in [0.4, 0.5) is 5.69 Å². The molecule has 1 heterocycles. The van der Waals surface area contributed by atoms with Crippen molar-refractivity contribution < 1.29 is 9.53 Å². The fourth-order valence-corrected chi connectivity index (χ4v) is 2.54. The number of ether oxygens (including phenoxy) is 1. The summed E-state index contributed by atoms with van der Waals surface area (Å²) < 4.78 is 6.18. The van der Waals surface area contributed by atoms with Crippen LogP contribution in [0.3, 0.4) is 0 Å². The van der Waals surface area contributed by atoms with Crippen LogP contribution in [0.1, 0.15) is 21.5 Å². The van der Waals surface area contributed by atoms with Crippen molar-refractivity contribution in [3.8, 4) is 5.75 Å². The number of anilines is 1. The Labute approximate surface area is 119 Å². The standard InChI is InChI=1S/C15H12BrNO2/c16-12-8-11(1-3-13(12)17)15(18)10-2-4-14-9(7-10)5-6-19-14/h1-4,7-8H,5-6,17H2. The molecule has 19 heavy (non-hydrogen) atoms. The second kappa shape index (κ2) is 4.70. The SMILES string of the molecule is Nc1ccc(C(=O)c2ccc3c(c2)CCO3)cc1Br. The highest BCUT2D eigenvalue weighted by atomic mass is 79.9. The van der Waals surface area contributed by atoms with E-state index in [1.165, 1.54) is 0 Å². The third-order valence-electron chi connectivity index (χ3n) is 3.21. The van der Waals surface area contributed by atoms with Crippen molar-refractivity contribution in [1.82, 2.24) is 0 Å². The van der Waals surface area contributed by atoms with Crippen LogP contribution < -0.4 is 10.5 Å². The van der Waals surface area contributed by atoms with Gasteiger partial charge in [-0.1, -0.05) is 0 Å². The molecule has 0 spiro atoms. The summed E-state index contributed by atoms with van der Waals surface area (Å²) >= 11 is 3.34. The monoisotopic (exact) mass is 317 g/mol. The molecule has 0 fully saturated rings. The van der Waals surface area contributed by atoms with Crippen molar-refractivity contribution in [3.63, 3.8) is 0 Å². The molecule has 4 heteroatoms. The van der Waals surface area contributed by atoms with E-state index in [2.05, 4.69) is 15.9 Å². The molecular formula is C15H12BrNO2. The average molecular weight is 318 g/mol. The first-order valence-electron chi connectivity index (χ1n) is 6.00. The van der Waals surface area contributed by atoms with Crippen LogP contribution in [0.5, 0.6) is 5.75 Å². The minimum atomic E-state index is -0.00426. The summed E-state index contributed by atoms with van der Waals surface area (Å²) in [6.07, 6.45) is 0.863. The van der Waals surface area contributed by atoms with Crippen molar-refractivity contribution in [1.29, 1.82) is 0 Å². The summed E-state index contributed by atoms with van der Waals surface area (Å²) in [5, 5.41) is 0. The normalized spacial score (nSPS) is 12.9. The number of hydrogen-bond donors (Lipinski definition) is 1. The van der Waals surface area contributed by atoms with Crippen molar-refractivity contribution in [3.05, 3.63) is 57.6 Å². The van der Waals surface area contributed by atoms with Gasteiger partial charge in [0.1, 0.15) is 5.75 Å². The van der Waals surface area contributed by atoms with Crippen LogP contribution in [-0.2, 0) is 6.42 Å². The van der Waals surface area contributed by atoms with E-state index in [0.717, 1.165) is 22.2 Å². The lowest BCUT2D eigenvalue weighted by atomic mass is 10.0. The zero-order valence-corrected chi connectivity index (χ0v) is 11.7. The summed E-state index contributed by atoms with van der Waals surface area (Å²) in [5.74, 6) is 0.880. The molecular weight excluding hydrogens is 306 g/mol. The van der Waals surface area contributed by atoms with E-state index >= 15 is 0 Å². The largest absolute Gasteiger partial charge is 0.493 e. The second-order valence-corrected chi connectivity index (χ2v) is 5.34. The molecule has 2 aromatic rings. The van der Waals surface area contributed by atoms with E-state index in [1.54, 1.807) is 24.3 Å². The van der Waals surface area contributed by atoms with Crippen molar-refractivity contribution in [2.24, 2.45) is 0 Å². The third kappa shape index (κ3) is 2.24. The molecule has 0 aromatic heterocycles. The first-order chi connectivity index (χ1) is 9.15. The quantitative estimate of drug-likeness (QED) is 0.683. The lowest BCUT2D eigenvalue weighted by Gasteiger charge is -2.05. The number of carbonyl (C=O) groups excluding carboxylic acids is 1. The molecule has 0 amide bonds. The van der Waals surface area contributed by atoms with Crippen molar-refractivity contribution >= 4 is 27.4 Å². The van der Waals surface area contributed by atoms with Gasteiger partial charge in [0.15, 0.2) is 5.78 Å². The second-order valence-electron chi connectivity index (χ2n) is 4.49. The van der Waals surface area contributed by atoms with Gasteiger partial charge < -0.3 is 10.5 Å². The van der Waals surface area contributed by atoms with Gasteiger partial charge in [0.25, 0.3) is 0 Å². The van der Waals surface area contributed by atoms with Crippen LogP contribution in [0, 0.1) is 0 Å². The highest BCUT2D eigenvalue weighted by Gasteiger charge is 2.16. The molecule has 96 valence electrons. The van der Waals surface area contributed by atoms with Gasteiger partial charge in [0.2, 0.25) is 0 Å². The van der Waals surface area contributed by atoms with E-state index < -0.39 is 0 Å². The predicted octanol–water partition coefficient (Wildman–Crippen LogP) is 3.20. The van der Waals surface area contributed by atoms with Crippen LogP contribution in [0.2, 0.25) is 0 Å². The molecule has 0 saturated carbocycles. The fraction of sp³-hybridized carbons (Fsp3) is 0.133. The van der Waals surface area contributed by atoms with Gasteiger partial charge in [-0.15, -0.1) is 0 Å². The number of rotatable bonds is 2. The number of fused-ring (bicyclic) bond motifs is 1. The minimum absolute atomic E-state index is 0.00426. The van der Waals surface area contributed by atoms with E-state index in [9.17, 15) is 4.79 Å². The Morgan fingerprint density at radius 3 is 2.68 bits per heavy atom. The molecule has 0 atom stereocenters. The van der Waals surface area contributed by atoms with E-state index in [-0.39, 0.29) is 5.78 Å². The number of nitrogen functional groups attached to an aromatic ring is 1. The minimum Gasteiger partial charge on any atom is -0.493 e. The Morgan fingerprint density at radius 1 is 1.16 bits per heavy atom. The maximum Gasteiger partial charge on any atom is 0.193 e.